The Labute approximate surface area is 211 Å². The summed E-state index contributed by atoms with van der Waals surface area (Å²) in [7, 11) is 1.38. The van der Waals surface area contributed by atoms with Gasteiger partial charge in [0, 0.05) is 18.8 Å². The van der Waals surface area contributed by atoms with Crippen LogP contribution in [0.3, 0.4) is 0 Å². The summed E-state index contributed by atoms with van der Waals surface area (Å²) in [4.78, 5) is 40.5. The van der Waals surface area contributed by atoms with E-state index < -0.39 is 34.3 Å². The van der Waals surface area contributed by atoms with E-state index in [2.05, 4.69) is 5.32 Å². The summed E-state index contributed by atoms with van der Waals surface area (Å²) in [5.74, 6) is -1.79. The molecule has 0 aliphatic rings. The van der Waals surface area contributed by atoms with Crippen LogP contribution in [0.4, 0.5) is 24.5 Å². The van der Waals surface area contributed by atoms with Crippen LogP contribution >= 0.6 is 11.6 Å². The fourth-order valence-electron chi connectivity index (χ4n) is 4.02. The maximum absolute atomic E-state index is 13.8. The number of rotatable bonds is 4. The quantitative estimate of drug-likeness (QED) is 0.371. The third kappa shape index (κ3) is 4.21. The SMILES string of the molecule is Cn1c(=O)cc(Nc2ccc(F)c(Cl)c2)c2c(=O)n(-c3ccc(F)cc3)c(=O)n(-c3ccc(F)cc3)c21. The largest absolute Gasteiger partial charge is 0.355 e. The van der Waals surface area contributed by atoms with E-state index in [-0.39, 0.29) is 38.8 Å². The number of hydrogen-bond acceptors (Lipinski definition) is 4. The van der Waals surface area contributed by atoms with E-state index in [0.29, 0.717) is 0 Å². The highest BCUT2D eigenvalue weighted by molar-refractivity contribution is 6.31. The number of fused-ring (bicyclic) bond motifs is 1. The molecule has 37 heavy (non-hydrogen) atoms. The molecule has 0 amide bonds. The molecule has 0 radical (unpaired) electrons. The van der Waals surface area contributed by atoms with Gasteiger partial charge in [0.15, 0.2) is 0 Å². The third-order valence-electron chi connectivity index (χ3n) is 5.79. The van der Waals surface area contributed by atoms with Crippen molar-refractivity contribution in [2.75, 3.05) is 5.32 Å². The van der Waals surface area contributed by atoms with Crippen LogP contribution in [-0.2, 0) is 7.05 Å². The van der Waals surface area contributed by atoms with E-state index in [4.69, 9.17) is 11.6 Å². The fraction of sp³-hybridized carbons (Fsp3) is 0.0385. The van der Waals surface area contributed by atoms with Crippen molar-refractivity contribution < 1.29 is 13.2 Å². The van der Waals surface area contributed by atoms with Crippen molar-refractivity contribution in [1.82, 2.24) is 13.7 Å². The molecule has 0 unspecified atom stereocenters. The lowest BCUT2D eigenvalue weighted by molar-refractivity contribution is 0.626. The van der Waals surface area contributed by atoms with Gasteiger partial charge in [-0.05, 0) is 66.7 Å². The number of aryl methyl sites for hydroxylation is 1. The minimum absolute atomic E-state index is 0.0116. The summed E-state index contributed by atoms with van der Waals surface area (Å²) < 4.78 is 44.0. The molecule has 2 aromatic heterocycles. The second kappa shape index (κ2) is 9.14. The van der Waals surface area contributed by atoms with Crippen molar-refractivity contribution in [1.29, 1.82) is 0 Å². The number of pyridine rings is 1. The highest BCUT2D eigenvalue weighted by Gasteiger charge is 2.22. The number of anilines is 2. The van der Waals surface area contributed by atoms with Crippen LogP contribution in [0.1, 0.15) is 0 Å². The highest BCUT2D eigenvalue weighted by Crippen LogP contribution is 2.26. The summed E-state index contributed by atoms with van der Waals surface area (Å²) in [6.45, 7) is 0. The molecule has 0 saturated heterocycles. The maximum Gasteiger partial charge on any atom is 0.341 e. The molecule has 3 aromatic carbocycles. The van der Waals surface area contributed by atoms with Gasteiger partial charge in [-0.1, -0.05) is 11.6 Å². The van der Waals surface area contributed by atoms with E-state index in [1.807, 2.05) is 0 Å². The van der Waals surface area contributed by atoms with E-state index in [1.165, 1.54) is 43.4 Å². The zero-order valence-corrected chi connectivity index (χ0v) is 19.8. The second-order valence-electron chi connectivity index (χ2n) is 8.12. The first-order valence-corrected chi connectivity index (χ1v) is 11.2. The molecule has 0 bridgehead atoms. The fourth-order valence-corrected chi connectivity index (χ4v) is 4.20. The van der Waals surface area contributed by atoms with Crippen molar-refractivity contribution in [2.45, 2.75) is 0 Å². The first kappa shape index (κ1) is 24.1. The smallest absolute Gasteiger partial charge is 0.341 e. The molecule has 0 fully saturated rings. The van der Waals surface area contributed by atoms with E-state index in [9.17, 15) is 27.6 Å². The molecule has 5 aromatic rings. The summed E-state index contributed by atoms with van der Waals surface area (Å²) in [5, 5.41) is 2.63. The molecule has 0 saturated carbocycles. The van der Waals surface area contributed by atoms with Crippen LogP contribution < -0.4 is 22.1 Å². The number of benzene rings is 3. The van der Waals surface area contributed by atoms with Crippen LogP contribution in [0.25, 0.3) is 22.4 Å². The molecule has 2 heterocycles. The number of halogens is 4. The van der Waals surface area contributed by atoms with Crippen LogP contribution in [0, 0.1) is 17.5 Å². The zero-order chi connectivity index (χ0) is 26.4. The minimum atomic E-state index is -0.868. The van der Waals surface area contributed by atoms with Crippen molar-refractivity contribution in [3.8, 4) is 11.4 Å². The molecule has 1 N–H and O–H groups in total. The predicted octanol–water partition coefficient (Wildman–Crippen LogP) is 4.65. The molecule has 11 heteroatoms. The standard InChI is InChI=1S/C26H16ClF3N4O3/c1-32-22(35)13-21(31-16-6-11-20(30)19(27)12-16)23-24(32)33(17-7-2-14(28)3-8-17)26(37)34(25(23)36)18-9-4-15(29)5-10-18/h2-13,31H,1H3. The Morgan fingerprint density at radius 2 is 1.32 bits per heavy atom. The topological polar surface area (TPSA) is 78.0 Å². The average Bonchev–Trinajstić information content (AvgIpc) is 2.86. The van der Waals surface area contributed by atoms with Gasteiger partial charge in [-0.25, -0.2) is 27.1 Å². The normalized spacial score (nSPS) is 11.2. The Morgan fingerprint density at radius 3 is 1.89 bits per heavy atom. The van der Waals surface area contributed by atoms with Gasteiger partial charge in [0.05, 0.1) is 22.1 Å². The summed E-state index contributed by atoms with van der Waals surface area (Å²) in [5.41, 5.74) is -1.81. The van der Waals surface area contributed by atoms with Crippen molar-refractivity contribution >= 4 is 34.0 Å². The van der Waals surface area contributed by atoms with Crippen molar-refractivity contribution in [3.63, 3.8) is 0 Å². The monoisotopic (exact) mass is 524 g/mol. The first-order chi connectivity index (χ1) is 17.7. The molecule has 186 valence electrons. The lowest BCUT2D eigenvalue weighted by Crippen LogP contribution is -2.40. The number of nitrogens with one attached hydrogen (secondary N) is 1. The number of aromatic nitrogens is 3. The lowest BCUT2D eigenvalue weighted by Gasteiger charge is -2.19. The van der Waals surface area contributed by atoms with Gasteiger partial charge in [0.2, 0.25) is 0 Å². The summed E-state index contributed by atoms with van der Waals surface area (Å²) in [6, 6.07) is 14.5. The Hall–Kier alpha value is -4.57. The van der Waals surface area contributed by atoms with Gasteiger partial charge in [-0.2, -0.15) is 0 Å². The highest BCUT2D eigenvalue weighted by atomic mass is 35.5. The van der Waals surface area contributed by atoms with Gasteiger partial charge in [0.25, 0.3) is 11.1 Å². The Balaban J connectivity index is 1.93. The Kier molecular flexibility index (Phi) is 5.96. The Bertz CT molecular complexity index is 1860. The number of hydrogen-bond donors (Lipinski definition) is 1. The van der Waals surface area contributed by atoms with Crippen LogP contribution in [0.15, 0.2) is 87.2 Å². The molecule has 0 spiro atoms. The van der Waals surface area contributed by atoms with Gasteiger partial charge >= 0.3 is 5.69 Å². The molecular formula is C26H16ClF3N4O3. The van der Waals surface area contributed by atoms with Crippen LogP contribution in [0.5, 0.6) is 0 Å². The maximum atomic E-state index is 13.8. The van der Waals surface area contributed by atoms with Crippen LogP contribution in [0.2, 0.25) is 5.02 Å². The molecule has 5 rings (SSSR count). The first-order valence-electron chi connectivity index (χ1n) is 10.8. The molecular weight excluding hydrogens is 509 g/mol. The predicted molar refractivity (Wildman–Crippen MR) is 135 cm³/mol. The molecule has 0 aliphatic carbocycles. The van der Waals surface area contributed by atoms with Crippen molar-refractivity contribution in [2.24, 2.45) is 7.05 Å². The van der Waals surface area contributed by atoms with E-state index >= 15 is 0 Å². The second-order valence-corrected chi connectivity index (χ2v) is 8.53. The molecule has 7 nitrogen and oxygen atoms in total. The molecule has 0 atom stereocenters. The third-order valence-corrected chi connectivity index (χ3v) is 6.08. The average molecular weight is 525 g/mol. The minimum Gasteiger partial charge on any atom is -0.355 e. The van der Waals surface area contributed by atoms with Gasteiger partial charge < -0.3 is 5.32 Å². The Morgan fingerprint density at radius 1 is 0.757 bits per heavy atom. The van der Waals surface area contributed by atoms with Gasteiger partial charge in [-0.3, -0.25) is 14.2 Å². The van der Waals surface area contributed by atoms with Gasteiger partial charge in [-0.15, -0.1) is 0 Å². The van der Waals surface area contributed by atoms with E-state index in [1.54, 1.807) is 0 Å². The number of nitrogens with zero attached hydrogens (tertiary/aromatic N) is 3. The summed E-state index contributed by atoms with van der Waals surface area (Å²) >= 11 is 5.89. The molecule has 0 aliphatic heterocycles. The lowest BCUT2D eigenvalue weighted by atomic mass is 10.2. The summed E-state index contributed by atoms with van der Waals surface area (Å²) in [6.07, 6.45) is 0. The van der Waals surface area contributed by atoms with Crippen LogP contribution in [-0.4, -0.2) is 13.7 Å². The van der Waals surface area contributed by atoms with Crippen molar-refractivity contribution in [3.05, 3.63) is 126 Å². The zero-order valence-electron chi connectivity index (χ0n) is 19.0. The van der Waals surface area contributed by atoms with E-state index in [0.717, 1.165) is 50.1 Å². The van der Waals surface area contributed by atoms with Gasteiger partial charge in [0.1, 0.15) is 28.5 Å².